The molecule has 0 amide bonds. The largest absolute Gasteiger partial charge is 0.383 e. The van der Waals surface area contributed by atoms with Crippen LogP contribution in [0.25, 0.3) is 0 Å². The van der Waals surface area contributed by atoms with Crippen molar-refractivity contribution >= 4 is 11.4 Å². The number of anilines is 2. The van der Waals surface area contributed by atoms with Gasteiger partial charge in [0.25, 0.3) is 0 Å². The molecule has 0 aromatic heterocycles. The number of nitrogens with one attached hydrogen (secondary N) is 2. The normalized spacial score (nSPS) is 18.3. The molecular formula is C13H20N2. The molecule has 0 spiro atoms. The van der Waals surface area contributed by atoms with Crippen molar-refractivity contribution in [2.75, 3.05) is 23.7 Å². The summed E-state index contributed by atoms with van der Waals surface area (Å²) in [7, 11) is 0. The van der Waals surface area contributed by atoms with E-state index >= 15 is 0 Å². The predicted molar refractivity (Wildman–Crippen MR) is 66.4 cm³/mol. The molecule has 2 nitrogen and oxygen atoms in total. The third-order valence-corrected chi connectivity index (χ3v) is 3.73. The molecule has 2 rings (SSSR count). The van der Waals surface area contributed by atoms with Crippen LogP contribution in [0, 0.1) is 5.41 Å². The van der Waals surface area contributed by atoms with Crippen molar-refractivity contribution in [2.45, 2.75) is 26.7 Å². The van der Waals surface area contributed by atoms with Crippen molar-refractivity contribution in [2.24, 2.45) is 5.41 Å². The highest BCUT2D eigenvalue weighted by Crippen LogP contribution is 2.33. The Morgan fingerprint density at radius 3 is 1.87 bits per heavy atom. The van der Waals surface area contributed by atoms with Gasteiger partial charge in [-0.05, 0) is 25.0 Å². The smallest absolute Gasteiger partial charge is 0.0576 e. The maximum Gasteiger partial charge on any atom is 0.0576 e. The maximum atomic E-state index is 3.56. The third kappa shape index (κ3) is 1.94. The molecule has 0 aliphatic carbocycles. The summed E-state index contributed by atoms with van der Waals surface area (Å²) in [6.07, 6.45) is 2.44. The number of benzene rings is 1. The fourth-order valence-corrected chi connectivity index (χ4v) is 2.17. The topological polar surface area (TPSA) is 24.1 Å². The van der Waals surface area contributed by atoms with E-state index in [-0.39, 0.29) is 0 Å². The van der Waals surface area contributed by atoms with Gasteiger partial charge in [-0.3, -0.25) is 0 Å². The lowest BCUT2D eigenvalue weighted by molar-refractivity contribution is 0.307. The zero-order valence-corrected chi connectivity index (χ0v) is 9.64. The van der Waals surface area contributed by atoms with E-state index in [0.29, 0.717) is 5.41 Å². The summed E-state index contributed by atoms with van der Waals surface area (Å²) in [5, 5.41) is 7.11. The zero-order chi connectivity index (χ0) is 10.7. The van der Waals surface area contributed by atoms with Gasteiger partial charge in [0, 0.05) is 18.5 Å². The van der Waals surface area contributed by atoms with Crippen LogP contribution in [-0.2, 0) is 0 Å². The molecule has 0 unspecified atom stereocenters. The predicted octanol–water partition coefficient (Wildman–Crippen LogP) is 3.33. The monoisotopic (exact) mass is 204 g/mol. The second-order valence-corrected chi connectivity index (χ2v) is 4.46. The fraction of sp³-hybridized carbons (Fsp3) is 0.538. The summed E-state index contributed by atoms with van der Waals surface area (Å²) in [6.45, 7) is 6.71. The Hall–Kier alpha value is -1.18. The Morgan fingerprint density at radius 1 is 1.00 bits per heavy atom. The second-order valence-electron chi connectivity index (χ2n) is 4.46. The number of hydrogen-bond acceptors (Lipinski definition) is 2. The number of para-hydroxylation sites is 2. The lowest BCUT2D eigenvalue weighted by atomic mass is 9.82. The van der Waals surface area contributed by atoms with Gasteiger partial charge in [-0.25, -0.2) is 0 Å². The van der Waals surface area contributed by atoms with E-state index in [9.17, 15) is 0 Å². The summed E-state index contributed by atoms with van der Waals surface area (Å²) < 4.78 is 0. The Kier molecular flexibility index (Phi) is 2.85. The van der Waals surface area contributed by atoms with E-state index in [4.69, 9.17) is 0 Å². The Labute approximate surface area is 92.1 Å². The highest BCUT2D eigenvalue weighted by Gasteiger charge is 2.28. The molecule has 0 fully saturated rings. The quantitative estimate of drug-likeness (QED) is 0.772. The van der Waals surface area contributed by atoms with E-state index in [1.807, 2.05) is 0 Å². The Morgan fingerprint density at radius 2 is 1.47 bits per heavy atom. The second kappa shape index (κ2) is 4.13. The molecule has 1 heterocycles. The highest BCUT2D eigenvalue weighted by atomic mass is 15.0. The number of fused-ring (bicyclic) bond motifs is 1. The first kappa shape index (κ1) is 10.3. The van der Waals surface area contributed by atoms with Crippen molar-refractivity contribution in [3.8, 4) is 0 Å². The highest BCUT2D eigenvalue weighted by molar-refractivity contribution is 5.69. The molecule has 2 heteroatoms. The van der Waals surface area contributed by atoms with Crippen LogP contribution >= 0.6 is 0 Å². The molecule has 1 aliphatic heterocycles. The van der Waals surface area contributed by atoms with Crippen LogP contribution in [0.15, 0.2) is 24.3 Å². The van der Waals surface area contributed by atoms with E-state index < -0.39 is 0 Å². The average Bonchev–Trinajstić information content (AvgIpc) is 2.49. The van der Waals surface area contributed by atoms with E-state index in [1.165, 1.54) is 24.2 Å². The van der Waals surface area contributed by atoms with E-state index in [2.05, 4.69) is 48.7 Å². The van der Waals surface area contributed by atoms with E-state index in [1.54, 1.807) is 0 Å². The third-order valence-electron chi connectivity index (χ3n) is 3.73. The van der Waals surface area contributed by atoms with Crippen LogP contribution in [0.2, 0.25) is 0 Å². The molecule has 1 aliphatic rings. The van der Waals surface area contributed by atoms with Crippen LogP contribution in [0.3, 0.4) is 0 Å². The summed E-state index contributed by atoms with van der Waals surface area (Å²) in [6, 6.07) is 8.45. The first-order valence-electron chi connectivity index (χ1n) is 5.86. The molecule has 0 saturated heterocycles. The van der Waals surface area contributed by atoms with Gasteiger partial charge in [0.15, 0.2) is 0 Å². The molecule has 0 bridgehead atoms. The fourth-order valence-electron chi connectivity index (χ4n) is 2.17. The van der Waals surface area contributed by atoms with Crippen molar-refractivity contribution in [3.05, 3.63) is 24.3 Å². The van der Waals surface area contributed by atoms with Gasteiger partial charge in [0.05, 0.1) is 11.4 Å². The van der Waals surface area contributed by atoms with E-state index in [0.717, 1.165) is 13.1 Å². The molecule has 0 atom stereocenters. The molecule has 82 valence electrons. The molecule has 1 aromatic carbocycles. The van der Waals surface area contributed by atoms with Gasteiger partial charge >= 0.3 is 0 Å². The van der Waals surface area contributed by atoms with Crippen LogP contribution in [0.4, 0.5) is 11.4 Å². The summed E-state index contributed by atoms with van der Waals surface area (Å²) in [4.78, 5) is 0. The van der Waals surface area contributed by atoms with Crippen LogP contribution in [0.5, 0.6) is 0 Å². The average molecular weight is 204 g/mol. The molecule has 2 N–H and O–H groups in total. The van der Waals surface area contributed by atoms with Gasteiger partial charge < -0.3 is 10.6 Å². The lowest BCUT2D eigenvalue weighted by Gasteiger charge is -2.30. The minimum Gasteiger partial charge on any atom is -0.383 e. The van der Waals surface area contributed by atoms with Crippen LogP contribution in [-0.4, -0.2) is 13.1 Å². The molecule has 0 radical (unpaired) electrons. The molecule has 1 aromatic rings. The van der Waals surface area contributed by atoms with Gasteiger partial charge in [-0.1, -0.05) is 26.0 Å². The van der Waals surface area contributed by atoms with Crippen LogP contribution in [0.1, 0.15) is 26.7 Å². The Balaban J connectivity index is 2.21. The van der Waals surface area contributed by atoms with Crippen molar-refractivity contribution in [3.63, 3.8) is 0 Å². The SMILES string of the molecule is CCC1(CC)CNc2ccccc2NC1. The Bertz CT molecular complexity index is 300. The minimum atomic E-state index is 0.402. The number of rotatable bonds is 2. The zero-order valence-electron chi connectivity index (χ0n) is 9.64. The summed E-state index contributed by atoms with van der Waals surface area (Å²) in [5.74, 6) is 0. The summed E-state index contributed by atoms with van der Waals surface area (Å²) in [5.41, 5.74) is 2.88. The van der Waals surface area contributed by atoms with Gasteiger partial charge in [-0.2, -0.15) is 0 Å². The van der Waals surface area contributed by atoms with Crippen molar-refractivity contribution in [1.82, 2.24) is 0 Å². The van der Waals surface area contributed by atoms with Crippen molar-refractivity contribution in [1.29, 1.82) is 0 Å². The number of hydrogen-bond donors (Lipinski definition) is 2. The lowest BCUT2D eigenvalue weighted by Crippen LogP contribution is -2.33. The molecular weight excluding hydrogens is 184 g/mol. The van der Waals surface area contributed by atoms with Crippen molar-refractivity contribution < 1.29 is 0 Å². The van der Waals surface area contributed by atoms with Gasteiger partial charge in [-0.15, -0.1) is 0 Å². The maximum absolute atomic E-state index is 3.56. The van der Waals surface area contributed by atoms with Crippen LogP contribution < -0.4 is 10.6 Å². The minimum absolute atomic E-state index is 0.402. The van der Waals surface area contributed by atoms with Gasteiger partial charge in [0.2, 0.25) is 0 Å². The first-order valence-corrected chi connectivity index (χ1v) is 5.86. The summed E-state index contributed by atoms with van der Waals surface area (Å²) >= 11 is 0. The molecule has 0 saturated carbocycles. The van der Waals surface area contributed by atoms with Gasteiger partial charge in [0.1, 0.15) is 0 Å². The standard InChI is InChI=1S/C13H20N2/c1-3-13(4-2)9-14-11-7-5-6-8-12(11)15-10-13/h5-8,14-15H,3-4,9-10H2,1-2H3. The first-order chi connectivity index (χ1) is 7.29. The molecule has 15 heavy (non-hydrogen) atoms.